The van der Waals surface area contributed by atoms with Gasteiger partial charge in [0.15, 0.2) is 0 Å². The lowest BCUT2D eigenvalue weighted by molar-refractivity contribution is -0.130. The predicted molar refractivity (Wildman–Crippen MR) is 89.7 cm³/mol. The fourth-order valence-electron chi connectivity index (χ4n) is 2.81. The van der Waals surface area contributed by atoms with Crippen molar-refractivity contribution in [2.75, 3.05) is 26.7 Å². The second kappa shape index (κ2) is 8.56. The number of aryl methyl sites for hydroxylation is 1. The zero-order valence-corrected chi connectivity index (χ0v) is 14.1. The van der Waals surface area contributed by atoms with Gasteiger partial charge in [0.1, 0.15) is 5.75 Å². The molecule has 1 N–H and O–H groups in total. The first-order valence-corrected chi connectivity index (χ1v) is 8.32. The molecule has 0 aliphatic carbocycles. The Hall–Kier alpha value is -2.04. The lowest BCUT2D eigenvalue weighted by Crippen LogP contribution is -2.34. The molecule has 0 unspecified atom stereocenters. The zero-order chi connectivity index (χ0) is 16.7. The van der Waals surface area contributed by atoms with Crippen LogP contribution in [0.2, 0.25) is 0 Å². The molecule has 1 aromatic carbocycles. The van der Waals surface area contributed by atoms with Crippen LogP contribution in [0.4, 0.5) is 0 Å². The van der Waals surface area contributed by atoms with Crippen LogP contribution < -0.4 is 10.1 Å². The maximum atomic E-state index is 12.1. The molecule has 5 heteroatoms. The van der Waals surface area contributed by atoms with Gasteiger partial charge in [-0.3, -0.25) is 9.59 Å². The van der Waals surface area contributed by atoms with Gasteiger partial charge in [-0.25, -0.2) is 0 Å². The molecule has 1 saturated heterocycles. The number of nitrogens with one attached hydrogen (secondary N) is 1. The minimum atomic E-state index is -0.106. The van der Waals surface area contributed by atoms with Crippen LogP contribution in [0.15, 0.2) is 18.2 Å². The van der Waals surface area contributed by atoms with Crippen molar-refractivity contribution in [2.24, 2.45) is 0 Å². The normalized spacial score (nSPS) is 15.2. The van der Waals surface area contributed by atoms with Crippen molar-refractivity contribution in [3.05, 3.63) is 29.3 Å². The highest BCUT2D eigenvalue weighted by molar-refractivity contribution is 5.94. The van der Waals surface area contributed by atoms with Gasteiger partial charge >= 0.3 is 0 Å². The van der Waals surface area contributed by atoms with Gasteiger partial charge in [0.2, 0.25) is 5.91 Å². The number of methoxy groups -OCH3 is 1. The average molecular weight is 318 g/mol. The van der Waals surface area contributed by atoms with E-state index in [1.807, 2.05) is 17.9 Å². The molecule has 126 valence electrons. The molecule has 1 fully saturated rings. The highest BCUT2D eigenvalue weighted by Crippen LogP contribution is 2.18. The average Bonchev–Trinajstić information content (AvgIpc) is 2.76. The highest BCUT2D eigenvalue weighted by Gasteiger charge is 2.16. The predicted octanol–water partition coefficient (Wildman–Crippen LogP) is 2.53. The largest absolute Gasteiger partial charge is 0.496 e. The van der Waals surface area contributed by atoms with Crippen LogP contribution in [0.25, 0.3) is 0 Å². The standard InChI is InChI=1S/C18H26N2O3/c1-14-8-9-15(13-16(14)23-2)18(22)19-10-6-12-20-11-5-3-4-7-17(20)21/h8-9,13H,3-7,10-12H2,1-2H3,(H,19,22). The molecule has 1 aromatic rings. The van der Waals surface area contributed by atoms with Gasteiger partial charge < -0.3 is 15.0 Å². The molecule has 0 spiro atoms. The molecule has 0 radical (unpaired) electrons. The van der Waals surface area contributed by atoms with E-state index in [0.717, 1.165) is 44.3 Å². The van der Waals surface area contributed by atoms with Crippen molar-refractivity contribution >= 4 is 11.8 Å². The van der Waals surface area contributed by atoms with E-state index in [0.29, 0.717) is 24.3 Å². The van der Waals surface area contributed by atoms with E-state index in [9.17, 15) is 9.59 Å². The summed E-state index contributed by atoms with van der Waals surface area (Å²) in [5.41, 5.74) is 1.60. The molecule has 0 bridgehead atoms. The fourth-order valence-corrected chi connectivity index (χ4v) is 2.81. The molecule has 0 saturated carbocycles. The summed E-state index contributed by atoms with van der Waals surface area (Å²) in [6, 6.07) is 5.43. The second-order valence-corrected chi connectivity index (χ2v) is 5.99. The molecular weight excluding hydrogens is 292 g/mol. The summed E-state index contributed by atoms with van der Waals surface area (Å²) in [5.74, 6) is 0.857. The first-order chi connectivity index (χ1) is 11.1. The number of likely N-dealkylation sites (tertiary alicyclic amines) is 1. The molecule has 5 nitrogen and oxygen atoms in total. The Balaban J connectivity index is 1.77. The quantitative estimate of drug-likeness (QED) is 0.820. The highest BCUT2D eigenvalue weighted by atomic mass is 16.5. The topological polar surface area (TPSA) is 58.6 Å². The Morgan fingerprint density at radius 2 is 2.13 bits per heavy atom. The number of rotatable bonds is 6. The van der Waals surface area contributed by atoms with Crippen molar-refractivity contribution < 1.29 is 14.3 Å². The SMILES string of the molecule is COc1cc(C(=O)NCCCN2CCCCCC2=O)ccc1C. The van der Waals surface area contributed by atoms with Gasteiger partial charge in [-0.2, -0.15) is 0 Å². The third kappa shape index (κ3) is 4.98. The Morgan fingerprint density at radius 3 is 2.91 bits per heavy atom. The van der Waals surface area contributed by atoms with E-state index in [-0.39, 0.29) is 11.8 Å². The maximum absolute atomic E-state index is 12.1. The number of benzene rings is 1. The summed E-state index contributed by atoms with van der Waals surface area (Å²) in [6.07, 6.45) is 4.66. The Morgan fingerprint density at radius 1 is 1.30 bits per heavy atom. The minimum absolute atomic E-state index is 0.106. The Kier molecular flexibility index (Phi) is 6.44. The summed E-state index contributed by atoms with van der Waals surface area (Å²) in [7, 11) is 1.60. The lowest BCUT2D eigenvalue weighted by atomic mass is 10.1. The van der Waals surface area contributed by atoms with Crippen LogP contribution in [0.3, 0.4) is 0 Å². The number of carbonyl (C=O) groups excluding carboxylic acids is 2. The number of ether oxygens (including phenoxy) is 1. The molecule has 1 aliphatic rings. The van der Waals surface area contributed by atoms with Gasteiger partial charge in [0.25, 0.3) is 5.91 Å². The summed E-state index contributed by atoms with van der Waals surface area (Å²) in [6.45, 7) is 4.08. The van der Waals surface area contributed by atoms with Gasteiger partial charge in [-0.05, 0) is 43.9 Å². The van der Waals surface area contributed by atoms with Crippen LogP contribution in [0.5, 0.6) is 5.75 Å². The summed E-state index contributed by atoms with van der Waals surface area (Å²) < 4.78 is 5.24. The minimum Gasteiger partial charge on any atom is -0.496 e. The van der Waals surface area contributed by atoms with Crippen molar-refractivity contribution in [1.29, 1.82) is 0 Å². The molecule has 23 heavy (non-hydrogen) atoms. The summed E-state index contributed by atoms with van der Waals surface area (Å²) in [5, 5.41) is 2.91. The molecule has 2 rings (SSSR count). The van der Waals surface area contributed by atoms with E-state index in [1.54, 1.807) is 19.2 Å². The van der Waals surface area contributed by atoms with Gasteiger partial charge in [0.05, 0.1) is 7.11 Å². The van der Waals surface area contributed by atoms with Crippen molar-refractivity contribution in [1.82, 2.24) is 10.2 Å². The first-order valence-electron chi connectivity index (χ1n) is 8.32. The van der Waals surface area contributed by atoms with Crippen LogP contribution >= 0.6 is 0 Å². The van der Waals surface area contributed by atoms with E-state index in [4.69, 9.17) is 4.74 Å². The molecule has 1 heterocycles. The van der Waals surface area contributed by atoms with Gasteiger partial charge in [0, 0.05) is 31.6 Å². The molecule has 0 atom stereocenters. The van der Waals surface area contributed by atoms with Crippen molar-refractivity contribution in [3.8, 4) is 5.75 Å². The van der Waals surface area contributed by atoms with Crippen molar-refractivity contribution in [2.45, 2.75) is 39.0 Å². The zero-order valence-electron chi connectivity index (χ0n) is 14.1. The summed E-state index contributed by atoms with van der Waals surface area (Å²) in [4.78, 5) is 26.0. The van der Waals surface area contributed by atoms with Crippen LogP contribution in [-0.2, 0) is 4.79 Å². The Bertz CT molecular complexity index is 557. The first kappa shape index (κ1) is 17.3. The Labute approximate surface area is 138 Å². The third-order valence-electron chi connectivity index (χ3n) is 4.23. The fraction of sp³-hybridized carbons (Fsp3) is 0.556. The van der Waals surface area contributed by atoms with Gasteiger partial charge in [-0.1, -0.05) is 12.5 Å². The van der Waals surface area contributed by atoms with E-state index in [1.165, 1.54) is 0 Å². The van der Waals surface area contributed by atoms with E-state index in [2.05, 4.69) is 5.32 Å². The lowest BCUT2D eigenvalue weighted by Gasteiger charge is -2.20. The van der Waals surface area contributed by atoms with Crippen LogP contribution in [0.1, 0.15) is 48.0 Å². The van der Waals surface area contributed by atoms with Crippen molar-refractivity contribution in [3.63, 3.8) is 0 Å². The van der Waals surface area contributed by atoms with E-state index >= 15 is 0 Å². The van der Waals surface area contributed by atoms with Crippen LogP contribution in [-0.4, -0.2) is 43.5 Å². The number of nitrogens with zero attached hydrogens (tertiary/aromatic N) is 1. The molecule has 1 aliphatic heterocycles. The molecule has 0 aromatic heterocycles. The summed E-state index contributed by atoms with van der Waals surface area (Å²) >= 11 is 0. The van der Waals surface area contributed by atoms with Gasteiger partial charge in [-0.15, -0.1) is 0 Å². The van der Waals surface area contributed by atoms with Crippen LogP contribution in [0, 0.1) is 6.92 Å². The molecule has 2 amide bonds. The monoisotopic (exact) mass is 318 g/mol. The number of hydrogen-bond acceptors (Lipinski definition) is 3. The smallest absolute Gasteiger partial charge is 0.251 e. The van der Waals surface area contributed by atoms with E-state index < -0.39 is 0 Å². The maximum Gasteiger partial charge on any atom is 0.251 e. The number of carbonyl (C=O) groups is 2. The number of hydrogen-bond donors (Lipinski definition) is 1. The second-order valence-electron chi connectivity index (χ2n) is 5.99. The number of amides is 2. The molecular formula is C18H26N2O3. The third-order valence-corrected chi connectivity index (χ3v) is 4.23.